The normalized spacial score (nSPS) is 17.3. The number of nitriles is 1. The Hall–Kier alpha value is -0.610. The van der Waals surface area contributed by atoms with Gasteiger partial charge in [0.1, 0.15) is 0 Å². The summed E-state index contributed by atoms with van der Waals surface area (Å²) < 4.78 is 3.03. The highest BCUT2D eigenvalue weighted by molar-refractivity contribution is 14.1. The van der Waals surface area contributed by atoms with Crippen molar-refractivity contribution in [1.29, 1.82) is 5.26 Å². The number of hydrogen-bond donors (Lipinski definition) is 1. The van der Waals surface area contributed by atoms with Gasteiger partial charge in [-0.1, -0.05) is 0 Å². The Morgan fingerprint density at radius 3 is 3.07 bits per heavy atom. The van der Waals surface area contributed by atoms with E-state index in [0.717, 1.165) is 16.5 Å². The second-order valence-corrected chi connectivity index (χ2v) is 5.08. The fourth-order valence-corrected chi connectivity index (χ4v) is 1.89. The summed E-state index contributed by atoms with van der Waals surface area (Å²) in [5.41, 5.74) is 0. The summed E-state index contributed by atoms with van der Waals surface area (Å²) in [6, 6.07) is 2.86. The van der Waals surface area contributed by atoms with Gasteiger partial charge in [0.2, 0.25) is 0 Å². The lowest BCUT2D eigenvalue weighted by molar-refractivity contribution is 0.491. The molecule has 1 heterocycles. The van der Waals surface area contributed by atoms with E-state index in [1.165, 1.54) is 12.8 Å². The topological polar surface area (TPSA) is 53.6 Å². The van der Waals surface area contributed by atoms with Crippen molar-refractivity contribution in [2.45, 2.75) is 37.9 Å². The zero-order valence-electron chi connectivity index (χ0n) is 8.36. The van der Waals surface area contributed by atoms with Crippen LogP contribution in [0.25, 0.3) is 0 Å². The van der Waals surface area contributed by atoms with Gasteiger partial charge in [0.15, 0.2) is 0 Å². The predicted octanol–water partition coefficient (Wildman–Crippen LogP) is 1.52. The van der Waals surface area contributed by atoms with E-state index in [4.69, 9.17) is 5.26 Å². The average molecular weight is 316 g/mol. The first-order valence-corrected chi connectivity index (χ1v) is 6.19. The fourth-order valence-electron chi connectivity index (χ4n) is 1.44. The maximum absolute atomic E-state index is 8.94. The Morgan fingerprint density at radius 2 is 2.53 bits per heavy atom. The summed E-state index contributed by atoms with van der Waals surface area (Å²) in [5, 5.41) is 16.4. The van der Waals surface area contributed by atoms with Gasteiger partial charge in [0, 0.05) is 18.8 Å². The molecule has 80 valence electrons. The van der Waals surface area contributed by atoms with E-state index in [1.54, 1.807) is 0 Å². The lowest BCUT2D eigenvalue weighted by Gasteiger charge is -2.10. The van der Waals surface area contributed by atoms with E-state index >= 15 is 0 Å². The molecule has 1 fully saturated rings. The van der Waals surface area contributed by atoms with Crippen molar-refractivity contribution in [3.05, 3.63) is 16.0 Å². The first-order valence-electron chi connectivity index (χ1n) is 5.11. The van der Waals surface area contributed by atoms with Gasteiger partial charge >= 0.3 is 0 Å². The zero-order valence-corrected chi connectivity index (χ0v) is 10.5. The van der Waals surface area contributed by atoms with Crippen LogP contribution in [0.2, 0.25) is 0 Å². The van der Waals surface area contributed by atoms with E-state index in [1.807, 2.05) is 17.1 Å². The first-order chi connectivity index (χ1) is 7.28. The van der Waals surface area contributed by atoms with Crippen molar-refractivity contribution < 1.29 is 0 Å². The highest BCUT2D eigenvalue weighted by Gasteiger charge is 2.24. The molecular weight excluding hydrogens is 303 g/mol. The highest BCUT2D eigenvalue weighted by atomic mass is 127. The molecule has 0 radical (unpaired) electrons. The van der Waals surface area contributed by atoms with Crippen molar-refractivity contribution >= 4 is 22.6 Å². The standard InChI is InChI=1S/C10H13IN4/c11-8-6-13-15(7-8)4-3-10(5-12)14-9-1-2-9/h6-7,9-10,14H,1-4H2. The van der Waals surface area contributed by atoms with Crippen molar-refractivity contribution in [3.8, 4) is 6.07 Å². The van der Waals surface area contributed by atoms with Crippen molar-refractivity contribution in [2.24, 2.45) is 0 Å². The smallest absolute Gasteiger partial charge is 0.0972 e. The molecule has 1 saturated carbocycles. The van der Waals surface area contributed by atoms with Crippen LogP contribution in [0, 0.1) is 14.9 Å². The van der Waals surface area contributed by atoms with Crippen LogP contribution in [0.3, 0.4) is 0 Å². The molecule has 1 unspecified atom stereocenters. The fraction of sp³-hybridized carbons (Fsp3) is 0.600. The van der Waals surface area contributed by atoms with Crippen LogP contribution in [0.4, 0.5) is 0 Å². The molecule has 1 atom stereocenters. The zero-order chi connectivity index (χ0) is 10.7. The SMILES string of the molecule is N#CC(CCn1cc(I)cn1)NC1CC1. The van der Waals surface area contributed by atoms with Crippen molar-refractivity contribution in [3.63, 3.8) is 0 Å². The largest absolute Gasteiger partial charge is 0.299 e. The predicted molar refractivity (Wildman–Crippen MR) is 65.1 cm³/mol. The maximum Gasteiger partial charge on any atom is 0.0972 e. The van der Waals surface area contributed by atoms with Gasteiger partial charge in [-0.25, -0.2) is 0 Å². The molecule has 0 bridgehead atoms. The van der Waals surface area contributed by atoms with Gasteiger partial charge < -0.3 is 0 Å². The second-order valence-electron chi connectivity index (χ2n) is 3.83. The van der Waals surface area contributed by atoms with E-state index < -0.39 is 0 Å². The Kier molecular flexibility index (Phi) is 3.59. The summed E-state index contributed by atoms with van der Waals surface area (Å²) >= 11 is 2.23. The molecule has 5 heteroatoms. The summed E-state index contributed by atoms with van der Waals surface area (Å²) in [7, 11) is 0. The van der Waals surface area contributed by atoms with Crippen LogP contribution in [-0.2, 0) is 6.54 Å². The summed E-state index contributed by atoms with van der Waals surface area (Å²) in [6.45, 7) is 0.806. The Labute approximate surface area is 103 Å². The molecule has 1 aliphatic carbocycles. The Bertz CT molecular complexity index is 364. The van der Waals surface area contributed by atoms with Crippen LogP contribution >= 0.6 is 22.6 Å². The quantitative estimate of drug-likeness (QED) is 0.838. The molecule has 1 aliphatic rings. The molecular formula is C10H13IN4. The van der Waals surface area contributed by atoms with Crippen LogP contribution < -0.4 is 5.32 Å². The third-order valence-electron chi connectivity index (χ3n) is 2.42. The highest BCUT2D eigenvalue weighted by Crippen LogP contribution is 2.19. The van der Waals surface area contributed by atoms with E-state index in [-0.39, 0.29) is 6.04 Å². The molecule has 0 saturated heterocycles. The molecule has 1 aromatic rings. The molecule has 4 nitrogen and oxygen atoms in total. The lowest BCUT2D eigenvalue weighted by atomic mass is 10.2. The summed E-state index contributed by atoms with van der Waals surface area (Å²) in [5.74, 6) is 0. The lowest BCUT2D eigenvalue weighted by Crippen LogP contribution is -2.30. The molecule has 0 aromatic carbocycles. The van der Waals surface area contributed by atoms with Crippen LogP contribution in [0.15, 0.2) is 12.4 Å². The third-order valence-corrected chi connectivity index (χ3v) is 2.98. The monoisotopic (exact) mass is 316 g/mol. The van der Waals surface area contributed by atoms with Gasteiger partial charge in [-0.15, -0.1) is 0 Å². The van der Waals surface area contributed by atoms with Gasteiger partial charge in [0.25, 0.3) is 0 Å². The average Bonchev–Trinajstić information content (AvgIpc) is 2.95. The Balaban J connectivity index is 1.77. The third kappa shape index (κ3) is 3.47. The number of nitrogens with zero attached hydrogens (tertiary/aromatic N) is 3. The van der Waals surface area contributed by atoms with E-state index in [0.29, 0.717) is 6.04 Å². The molecule has 1 aromatic heterocycles. The minimum atomic E-state index is -0.0284. The number of rotatable bonds is 5. The molecule has 0 aliphatic heterocycles. The number of aryl methyl sites for hydroxylation is 1. The molecule has 0 spiro atoms. The van der Waals surface area contributed by atoms with Crippen molar-refractivity contribution in [1.82, 2.24) is 15.1 Å². The minimum Gasteiger partial charge on any atom is -0.299 e. The number of halogens is 1. The van der Waals surface area contributed by atoms with E-state index in [9.17, 15) is 0 Å². The van der Waals surface area contributed by atoms with Gasteiger partial charge in [-0.2, -0.15) is 10.4 Å². The number of hydrogen-bond acceptors (Lipinski definition) is 3. The summed E-state index contributed by atoms with van der Waals surface area (Å²) in [6.07, 6.45) is 7.09. The number of aromatic nitrogens is 2. The molecule has 15 heavy (non-hydrogen) atoms. The van der Waals surface area contributed by atoms with E-state index in [2.05, 4.69) is 39.1 Å². The molecule has 2 rings (SSSR count). The van der Waals surface area contributed by atoms with Gasteiger partial charge in [-0.3, -0.25) is 10.00 Å². The van der Waals surface area contributed by atoms with Gasteiger partial charge in [-0.05, 0) is 41.9 Å². The molecule has 0 amide bonds. The summed E-state index contributed by atoms with van der Waals surface area (Å²) in [4.78, 5) is 0. The van der Waals surface area contributed by atoms with Crippen LogP contribution in [0.5, 0.6) is 0 Å². The van der Waals surface area contributed by atoms with Gasteiger partial charge in [0.05, 0.1) is 21.9 Å². The number of nitrogens with one attached hydrogen (secondary N) is 1. The maximum atomic E-state index is 8.94. The van der Waals surface area contributed by atoms with Crippen LogP contribution in [0.1, 0.15) is 19.3 Å². The first kappa shape index (κ1) is 10.9. The van der Waals surface area contributed by atoms with Crippen LogP contribution in [-0.4, -0.2) is 21.9 Å². The van der Waals surface area contributed by atoms with Crippen molar-refractivity contribution in [2.75, 3.05) is 0 Å². The minimum absolute atomic E-state index is 0.0284. The molecule has 1 N–H and O–H groups in total. The second kappa shape index (κ2) is 4.94. The Morgan fingerprint density at radius 1 is 1.73 bits per heavy atom.